The Balaban J connectivity index is 1.31. The van der Waals surface area contributed by atoms with Gasteiger partial charge in [0.2, 0.25) is 0 Å². The highest BCUT2D eigenvalue weighted by atomic mass is 32.2. The second-order valence-corrected chi connectivity index (χ2v) is 11.8. The van der Waals surface area contributed by atoms with Crippen molar-refractivity contribution in [2.45, 2.75) is 58.8 Å². The Kier molecular flexibility index (Phi) is 8.91. The van der Waals surface area contributed by atoms with Crippen molar-refractivity contribution >= 4 is 29.1 Å². The zero-order valence-corrected chi connectivity index (χ0v) is 24.6. The topological polar surface area (TPSA) is 65.5 Å². The first-order valence-electron chi connectivity index (χ1n) is 14.4. The van der Waals surface area contributed by atoms with Crippen LogP contribution in [0.3, 0.4) is 0 Å². The van der Waals surface area contributed by atoms with Crippen molar-refractivity contribution in [3.63, 3.8) is 0 Å². The number of aliphatic imine (C=N–C) groups is 1. The van der Waals surface area contributed by atoms with Crippen molar-refractivity contribution in [3.8, 4) is 0 Å². The first-order chi connectivity index (χ1) is 19.4. The number of nitrogens with two attached hydrogens (primary N) is 1. The molecule has 1 heterocycles. The molecule has 1 atom stereocenters. The number of rotatable bonds is 6. The molecule has 40 heavy (non-hydrogen) atoms. The number of hydrogen-bond donors (Lipinski definition) is 2. The first-order valence-corrected chi connectivity index (χ1v) is 15.3. The summed E-state index contributed by atoms with van der Waals surface area (Å²) in [5.74, 6) is 0.988. The van der Waals surface area contributed by atoms with Gasteiger partial charge >= 0.3 is 0 Å². The summed E-state index contributed by atoms with van der Waals surface area (Å²) >= 11 is 1.86. The lowest BCUT2D eigenvalue weighted by Gasteiger charge is -2.33. The molecule has 1 aromatic carbocycles. The van der Waals surface area contributed by atoms with Gasteiger partial charge in [-0.2, -0.15) is 0 Å². The minimum Gasteiger partial charge on any atom is -0.383 e. The molecule has 0 unspecified atom stereocenters. The van der Waals surface area contributed by atoms with Crippen LogP contribution >= 0.6 is 11.8 Å². The standard InChI is InChI=1S/C35H40N4S/c1-4-10-30-23-40-33(31-14-9-8-11-24(31)2)22-39(30)29-18-15-27(16-19-29)34(36)38-35(37)32-20-17-28(21-25(32)3)26-12-6-5-7-13-26/h6,8,11-13,15-20,23,28H,2,4-5,7,9-10,14,21-22H2,1,3H3,(H3,36,37,38)/b33-31+/t28-/m0/s1. The molecule has 1 aliphatic heterocycles. The van der Waals surface area contributed by atoms with Gasteiger partial charge in [0.05, 0.1) is 6.54 Å². The van der Waals surface area contributed by atoms with Crippen LogP contribution in [0.4, 0.5) is 5.69 Å². The third-order valence-corrected chi connectivity index (χ3v) is 9.04. The third kappa shape index (κ3) is 6.26. The number of nitrogens with one attached hydrogen (secondary N) is 1. The Morgan fingerprint density at radius 1 is 1.12 bits per heavy atom. The largest absolute Gasteiger partial charge is 0.383 e. The molecule has 1 aromatic rings. The Hall–Kier alpha value is -3.57. The van der Waals surface area contributed by atoms with Gasteiger partial charge in [-0.1, -0.05) is 79.8 Å². The molecule has 5 rings (SSSR count). The molecule has 0 radical (unpaired) electrons. The molecule has 3 N–H and O–H groups in total. The van der Waals surface area contributed by atoms with Crippen molar-refractivity contribution in [2.24, 2.45) is 16.6 Å². The average Bonchev–Trinajstić information content (AvgIpc) is 2.98. The maximum Gasteiger partial charge on any atom is 0.154 e. The average molecular weight is 549 g/mol. The van der Waals surface area contributed by atoms with E-state index in [1.807, 2.05) is 23.9 Å². The van der Waals surface area contributed by atoms with E-state index in [2.05, 4.69) is 90.4 Å². The monoisotopic (exact) mass is 548 g/mol. The van der Waals surface area contributed by atoms with Crippen molar-refractivity contribution < 1.29 is 0 Å². The van der Waals surface area contributed by atoms with Crippen LogP contribution in [0.2, 0.25) is 0 Å². The van der Waals surface area contributed by atoms with E-state index in [0.29, 0.717) is 11.8 Å². The van der Waals surface area contributed by atoms with Crippen LogP contribution in [0, 0.1) is 11.3 Å². The fourth-order valence-electron chi connectivity index (χ4n) is 5.74. The number of allylic oxidation sites excluding steroid dienone is 11. The second-order valence-electron chi connectivity index (χ2n) is 10.9. The molecule has 5 heteroatoms. The molecular weight excluding hydrogens is 508 g/mol. The van der Waals surface area contributed by atoms with Crippen LogP contribution in [0.1, 0.15) is 64.4 Å². The lowest BCUT2D eigenvalue weighted by atomic mass is 9.83. The maximum absolute atomic E-state index is 8.67. The Labute approximate surface area is 243 Å². The summed E-state index contributed by atoms with van der Waals surface area (Å²) in [6.07, 6.45) is 23.0. The minimum atomic E-state index is 0.185. The number of nitrogens with zero attached hydrogens (tertiary/aromatic N) is 2. The minimum absolute atomic E-state index is 0.185. The van der Waals surface area contributed by atoms with Crippen molar-refractivity contribution in [1.82, 2.24) is 0 Å². The highest BCUT2D eigenvalue weighted by Crippen LogP contribution is 2.39. The molecule has 0 saturated heterocycles. The Morgan fingerprint density at radius 3 is 2.62 bits per heavy atom. The van der Waals surface area contributed by atoms with Gasteiger partial charge < -0.3 is 10.6 Å². The highest BCUT2D eigenvalue weighted by Gasteiger charge is 2.23. The predicted molar refractivity (Wildman–Crippen MR) is 174 cm³/mol. The van der Waals surface area contributed by atoms with Gasteiger partial charge in [0.15, 0.2) is 5.84 Å². The van der Waals surface area contributed by atoms with E-state index < -0.39 is 0 Å². The number of benzene rings is 1. The normalized spacial score (nSPS) is 23.4. The number of anilines is 1. The van der Waals surface area contributed by atoms with Gasteiger partial charge in [0, 0.05) is 33.3 Å². The first kappa shape index (κ1) is 28.0. The van der Waals surface area contributed by atoms with Crippen LogP contribution in [0.15, 0.2) is 122 Å². The molecule has 0 spiro atoms. The second kappa shape index (κ2) is 12.7. The van der Waals surface area contributed by atoms with E-state index in [1.54, 1.807) is 0 Å². The molecular formula is C35H40N4S. The van der Waals surface area contributed by atoms with E-state index in [9.17, 15) is 0 Å². The zero-order valence-electron chi connectivity index (χ0n) is 23.7. The predicted octanol–water partition coefficient (Wildman–Crippen LogP) is 8.89. The summed E-state index contributed by atoms with van der Waals surface area (Å²) in [6, 6.07) is 8.19. The summed E-state index contributed by atoms with van der Waals surface area (Å²) in [6.45, 7) is 9.49. The number of amidine groups is 2. The molecule has 0 fully saturated rings. The van der Waals surface area contributed by atoms with Gasteiger partial charge in [-0.25, -0.2) is 4.99 Å². The molecule has 0 saturated carbocycles. The van der Waals surface area contributed by atoms with Gasteiger partial charge in [-0.15, -0.1) is 0 Å². The van der Waals surface area contributed by atoms with Crippen LogP contribution in [-0.4, -0.2) is 18.2 Å². The highest BCUT2D eigenvalue weighted by molar-refractivity contribution is 8.06. The van der Waals surface area contributed by atoms with Gasteiger partial charge in [-0.3, -0.25) is 5.41 Å². The van der Waals surface area contributed by atoms with Crippen molar-refractivity contribution in [3.05, 3.63) is 123 Å². The van der Waals surface area contributed by atoms with Gasteiger partial charge in [0.25, 0.3) is 0 Å². The van der Waals surface area contributed by atoms with Crippen LogP contribution in [-0.2, 0) is 0 Å². The van der Waals surface area contributed by atoms with Gasteiger partial charge in [-0.05, 0) is 91.8 Å². The van der Waals surface area contributed by atoms with Gasteiger partial charge in [0.1, 0.15) is 5.84 Å². The summed E-state index contributed by atoms with van der Waals surface area (Å²) < 4.78 is 0. The lowest BCUT2D eigenvalue weighted by molar-refractivity contribution is 0.736. The van der Waals surface area contributed by atoms with E-state index in [-0.39, 0.29) is 5.84 Å². The molecule has 4 aliphatic rings. The van der Waals surface area contributed by atoms with E-state index >= 15 is 0 Å². The van der Waals surface area contributed by atoms with Crippen molar-refractivity contribution in [2.75, 3.05) is 11.4 Å². The Bertz CT molecular complexity index is 1430. The maximum atomic E-state index is 8.67. The molecule has 0 bridgehead atoms. The molecule has 0 amide bonds. The fraction of sp³-hybridized carbons (Fsp3) is 0.314. The lowest BCUT2D eigenvalue weighted by Crippen LogP contribution is -2.27. The van der Waals surface area contributed by atoms with Crippen LogP contribution < -0.4 is 10.6 Å². The van der Waals surface area contributed by atoms with E-state index in [0.717, 1.165) is 73.9 Å². The molecule has 0 aromatic heterocycles. The SMILES string of the molecule is C=C1C=CCC/C1=C1/CN(c2ccc(C(=N)N=C(N)C3=C(C)C[C@@H](C4=CCCC=C4)C=C3)cc2)C(CCC)=CS1. The third-order valence-electron chi connectivity index (χ3n) is 7.99. The van der Waals surface area contributed by atoms with Crippen LogP contribution in [0.5, 0.6) is 0 Å². The fourth-order valence-corrected chi connectivity index (χ4v) is 6.84. The van der Waals surface area contributed by atoms with E-state index in [4.69, 9.17) is 11.1 Å². The number of thioether (sulfide) groups is 1. The zero-order chi connectivity index (χ0) is 28.1. The summed E-state index contributed by atoms with van der Waals surface area (Å²) in [4.78, 5) is 8.31. The van der Waals surface area contributed by atoms with E-state index in [1.165, 1.54) is 27.3 Å². The summed E-state index contributed by atoms with van der Waals surface area (Å²) in [7, 11) is 0. The number of hydrogen-bond acceptors (Lipinski definition) is 3. The Morgan fingerprint density at radius 2 is 1.93 bits per heavy atom. The quantitative estimate of drug-likeness (QED) is 0.276. The van der Waals surface area contributed by atoms with Crippen LogP contribution in [0.25, 0.3) is 0 Å². The molecule has 4 nitrogen and oxygen atoms in total. The van der Waals surface area contributed by atoms with Crippen molar-refractivity contribution in [1.29, 1.82) is 5.41 Å². The molecule has 3 aliphatic carbocycles. The molecule has 206 valence electrons. The smallest absolute Gasteiger partial charge is 0.154 e. The summed E-state index contributed by atoms with van der Waals surface area (Å²) in [5, 5.41) is 11.0. The summed E-state index contributed by atoms with van der Waals surface area (Å²) in [5.41, 5.74) is 15.7.